The van der Waals surface area contributed by atoms with Gasteiger partial charge < -0.3 is 4.74 Å². The topological polar surface area (TPSA) is 9.23 Å². The highest BCUT2D eigenvalue weighted by molar-refractivity contribution is 9.10. The first kappa shape index (κ1) is 10.9. The van der Waals surface area contributed by atoms with E-state index in [0.29, 0.717) is 5.92 Å². The van der Waals surface area contributed by atoms with Crippen molar-refractivity contribution in [3.8, 4) is 0 Å². The Morgan fingerprint density at radius 3 is 2.79 bits per heavy atom. The highest BCUT2D eigenvalue weighted by Gasteiger charge is 2.25. The first-order valence-corrected chi connectivity index (χ1v) is 6.84. The molecule has 0 aromatic carbocycles. The third-order valence-corrected chi connectivity index (χ3v) is 5.23. The predicted molar refractivity (Wildman–Crippen MR) is 64.2 cm³/mol. The molecule has 0 aliphatic carbocycles. The van der Waals surface area contributed by atoms with Gasteiger partial charge in [-0.3, -0.25) is 0 Å². The van der Waals surface area contributed by atoms with E-state index in [1.54, 1.807) is 11.3 Å². The second-order valence-corrected chi connectivity index (χ2v) is 5.76. The van der Waals surface area contributed by atoms with Gasteiger partial charge in [0.1, 0.15) is 0 Å². The summed E-state index contributed by atoms with van der Waals surface area (Å²) in [5, 5.41) is 2.22. The van der Waals surface area contributed by atoms with E-state index in [9.17, 15) is 0 Å². The number of ether oxygens (including phenoxy) is 1. The van der Waals surface area contributed by atoms with Crippen LogP contribution in [0.15, 0.2) is 15.9 Å². The zero-order valence-electron chi connectivity index (χ0n) is 7.71. The Morgan fingerprint density at radius 1 is 1.50 bits per heavy atom. The second kappa shape index (κ2) is 4.97. The van der Waals surface area contributed by atoms with Crippen LogP contribution in [0.5, 0.6) is 0 Å². The zero-order chi connectivity index (χ0) is 9.97. The lowest BCUT2D eigenvalue weighted by atomic mass is 9.95. The monoisotopic (exact) mass is 294 g/mol. The first-order valence-electron chi connectivity index (χ1n) is 4.73. The summed E-state index contributed by atoms with van der Waals surface area (Å²) in [4.78, 5) is 1.26. The number of rotatable bonds is 2. The quantitative estimate of drug-likeness (QED) is 0.742. The van der Waals surface area contributed by atoms with Crippen LogP contribution in [0.3, 0.4) is 0 Å². The number of thiophene rings is 1. The molecule has 1 unspecified atom stereocenters. The average Bonchev–Trinajstić information content (AvgIpc) is 2.65. The van der Waals surface area contributed by atoms with Crippen molar-refractivity contribution in [2.75, 3.05) is 13.2 Å². The van der Waals surface area contributed by atoms with Crippen LogP contribution in [-0.2, 0) is 4.74 Å². The van der Waals surface area contributed by atoms with Gasteiger partial charge in [-0.2, -0.15) is 0 Å². The molecule has 1 aromatic heterocycles. The summed E-state index contributed by atoms with van der Waals surface area (Å²) in [5.74, 6) is 0.570. The molecule has 1 nitrogen and oxygen atoms in total. The summed E-state index contributed by atoms with van der Waals surface area (Å²) in [6.07, 6.45) is 2.16. The van der Waals surface area contributed by atoms with Gasteiger partial charge >= 0.3 is 0 Å². The molecule has 1 saturated heterocycles. The molecule has 0 N–H and O–H groups in total. The molecule has 0 spiro atoms. The number of alkyl halides is 1. The minimum Gasteiger partial charge on any atom is -0.381 e. The van der Waals surface area contributed by atoms with Crippen LogP contribution >= 0.6 is 38.9 Å². The number of halogens is 2. The van der Waals surface area contributed by atoms with Crippen molar-refractivity contribution in [3.05, 3.63) is 20.8 Å². The summed E-state index contributed by atoms with van der Waals surface area (Å²) >= 11 is 11.7. The third kappa shape index (κ3) is 2.32. The molecule has 2 rings (SSSR count). The van der Waals surface area contributed by atoms with Crippen molar-refractivity contribution in [3.63, 3.8) is 0 Å². The molecule has 1 aliphatic rings. The lowest BCUT2D eigenvalue weighted by Crippen LogP contribution is -2.19. The van der Waals surface area contributed by atoms with Crippen molar-refractivity contribution in [2.24, 2.45) is 5.92 Å². The summed E-state index contributed by atoms with van der Waals surface area (Å²) in [6.45, 7) is 1.72. The van der Waals surface area contributed by atoms with Gasteiger partial charge in [0, 0.05) is 22.6 Å². The van der Waals surface area contributed by atoms with Crippen molar-refractivity contribution in [1.82, 2.24) is 0 Å². The summed E-state index contributed by atoms with van der Waals surface area (Å²) in [5.41, 5.74) is 0. The highest BCUT2D eigenvalue weighted by atomic mass is 79.9. The van der Waals surface area contributed by atoms with Gasteiger partial charge in [0.25, 0.3) is 0 Å². The standard InChI is InChI=1S/C10H12BrClOS/c11-8-3-6-14-10(8)9(12)7-1-4-13-5-2-7/h3,6-7,9H,1-2,4-5H2. The zero-order valence-corrected chi connectivity index (χ0v) is 10.9. The van der Waals surface area contributed by atoms with Gasteiger partial charge in [0.15, 0.2) is 0 Å². The van der Waals surface area contributed by atoms with Crippen LogP contribution < -0.4 is 0 Å². The molecule has 1 fully saturated rings. The molecule has 1 atom stereocenters. The summed E-state index contributed by atoms with van der Waals surface area (Å²) in [7, 11) is 0. The Morgan fingerprint density at radius 2 is 2.21 bits per heavy atom. The van der Waals surface area contributed by atoms with Gasteiger partial charge in [-0.15, -0.1) is 22.9 Å². The van der Waals surface area contributed by atoms with E-state index in [1.807, 2.05) is 0 Å². The van der Waals surface area contributed by atoms with Crippen molar-refractivity contribution in [2.45, 2.75) is 18.2 Å². The molecule has 14 heavy (non-hydrogen) atoms. The Labute approximate surface area is 102 Å². The molecule has 78 valence electrons. The van der Waals surface area contributed by atoms with Gasteiger partial charge in [0.05, 0.1) is 5.38 Å². The van der Waals surface area contributed by atoms with Crippen LogP contribution in [0.25, 0.3) is 0 Å². The van der Waals surface area contributed by atoms with Crippen molar-refractivity contribution in [1.29, 1.82) is 0 Å². The predicted octanol–water partition coefficient (Wildman–Crippen LogP) is 4.22. The Balaban J connectivity index is 2.07. The van der Waals surface area contributed by atoms with Crippen LogP contribution in [0.1, 0.15) is 23.1 Å². The largest absolute Gasteiger partial charge is 0.381 e. The number of hydrogen-bond acceptors (Lipinski definition) is 2. The molecule has 0 amide bonds. The lowest BCUT2D eigenvalue weighted by Gasteiger charge is -2.25. The molecule has 4 heteroatoms. The van der Waals surface area contributed by atoms with E-state index < -0.39 is 0 Å². The Hall–Kier alpha value is 0.430. The van der Waals surface area contributed by atoms with Crippen molar-refractivity contribution >= 4 is 38.9 Å². The highest BCUT2D eigenvalue weighted by Crippen LogP contribution is 2.41. The molecule has 0 radical (unpaired) electrons. The van der Waals surface area contributed by atoms with E-state index in [0.717, 1.165) is 30.5 Å². The third-order valence-electron chi connectivity index (χ3n) is 2.58. The maximum absolute atomic E-state index is 6.46. The lowest BCUT2D eigenvalue weighted by molar-refractivity contribution is 0.0653. The fourth-order valence-corrected chi connectivity index (χ4v) is 4.07. The SMILES string of the molecule is ClC(c1sccc1Br)C1CCOCC1. The molecular weight excluding hydrogens is 284 g/mol. The fraction of sp³-hybridized carbons (Fsp3) is 0.600. The maximum Gasteiger partial charge on any atom is 0.0719 e. The Kier molecular flexibility index (Phi) is 3.88. The van der Waals surface area contributed by atoms with Crippen LogP contribution in [0, 0.1) is 5.92 Å². The molecular formula is C10H12BrClOS. The molecule has 1 aliphatic heterocycles. The Bertz CT molecular complexity index is 296. The van der Waals surface area contributed by atoms with E-state index in [2.05, 4.69) is 27.4 Å². The van der Waals surface area contributed by atoms with E-state index in [4.69, 9.17) is 16.3 Å². The minimum absolute atomic E-state index is 0.147. The van der Waals surface area contributed by atoms with E-state index in [1.165, 1.54) is 4.88 Å². The van der Waals surface area contributed by atoms with Crippen molar-refractivity contribution < 1.29 is 4.74 Å². The van der Waals surface area contributed by atoms with Gasteiger partial charge in [-0.1, -0.05) is 0 Å². The van der Waals surface area contributed by atoms with Crippen LogP contribution in [-0.4, -0.2) is 13.2 Å². The molecule has 2 heterocycles. The number of hydrogen-bond donors (Lipinski definition) is 0. The van der Waals surface area contributed by atoms with Gasteiger partial charge in [0.2, 0.25) is 0 Å². The smallest absolute Gasteiger partial charge is 0.0719 e. The van der Waals surface area contributed by atoms with Crippen LogP contribution in [0.4, 0.5) is 0 Å². The fourth-order valence-electron chi connectivity index (χ4n) is 1.72. The van der Waals surface area contributed by atoms with Crippen LogP contribution in [0.2, 0.25) is 0 Å². The van der Waals surface area contributed by atoms with Gasteiger partial charge in [-0.05, 0) is 46.1 Å². The summed E-state index contributed by atoms with van der Waals surface area (Å²) in [6, 6.07) is 2.06. The maximum atomic E-state index is 6.46. The van der Waals surface area contributed by atoms with E-state index in [-0.39, 0.29) is 5.38 Å². The molecule has 1 aromatic rings. The van der Waals surface area contributed by atoms with E-state index >= 15 is 0 Å². The van der Waals surface area contributed by atoms with Gasteiger partial charge in [-0.25, -0.2) is 0 Å². The average molecular weight is 296 g/mol. The summed E-state index contributed by atoms with van der Waals surface area (Å²) < 4.78 is 6.48. The second-order valence-electron chi connectivity index (χ2n) is 3.48. The first-order chi connectivity index (χ1) is 6.79. The normalized spacial score (nSPS) is 21.0. The minimum atomic E-state index is 0.147. The molecule has 0 bridgehead atoms. The molecule has 0 saturated carbocycles.